The van der Waals surface area contributed by atoms with E-state index in [9.17, 15) is 9.59 Å². The number of aryl methyl sites for hydroxylation is 2. The van der Waals surface area contributed by atoms with Gasteiger partial charge in [-0.05, 0) is 61.1 Å². The van der Waals surface area contributed by atoms with Crippen molar-refractivity contribution in [2.45, 2.75) is 45.1 Å². The smallest absolute Gasteiger partial charge is 0.220 e. The summed E-state index contributed by atoms with van der Waals surface area (Å²) in [7, 11) is 0. The van der Waals surface area contributed by atoms with E-state index in [0.29, 0.717) is 11.1 Å². The third kappa shape index (κ3) is 4.18. The number of hydrogen-bond acceptors (Lipinski definition) is 3. The molecule has 1 aliphatic carbocycles. The van der Waals surface area contributed by atoms with Crippen LogP contribution in [0.2, 0.25) is 0 Å². The summed E-state index contributed by atoms with van der Waals surface area (Å²) in [5, 5.41) is 11.7. The van der Waals surface area contributed by atoms with Gasteiger partial charge in [0.2, 0.25) is 5.91 Å². The zero-order valence-electron chi connectivity index (χ0n) is 14.9. The van der Waals surface area contributed by atoms with E-state index < -0.39 is 0 Å². The molecule has 0 radical (unpaired) electrons. The first-order valence-corrected chi connectivity index (χ1v) is 9.01. The Bertz CT molecular complexity index is 863. The standard InChI is InChI=1S/C22H22N2O2/c1-15(17-7-5-16(14-23)6-8-17)24-22(26)12-11-21(25)20-10-9-18-3-2-4-19(18)13-20/h5-10,13,15H,2-4,11-12H2,1H3,(H,24,26). The van der Waals surface area contributed by atoms with Gasteiger partial charge in [0.05, 0.1) is 17.7 Å². The minimum absolute atomic E-state index is 0.0147. The molecule has 26 heavy (non-hydrogen) atoms. The summed E-state index contributed by atoms with van der Waals surface area (Å²) in [6, 6.07) is 15.0. The van der Waals surface area contributed by atoms with Gasteiger partial charge >= 0.3 is 0 Å². The average molecular weight is 346 g/mol. The maximum atomic E-state index is 12.4. The van der Waals surface area contributed by atoms with E-state index in [1.54, 1.807) is 12.1 Å². The van der Waals surface area contributed by atoms with Crippen LogP contribution in [0, 0.1) is 11.3 Å². The Kier molecular flexibility index (Phi) is 5.48. The molecular formula is C22H22N2O2. The number of carbonyl (C=O) groups is 2. The highest BCUT2D eigenvalue weighted by Crippen LogP contribution is 2.23. The predicted octanol–water partition coefficient (Wildman–Crippen LogP) is 3.89. The minimum Gasteiger partial charge on any atom is -0.350 e. The normalized spacial score (nSPS) is 13.5. The molecule has 0 heterocycles. The number of hydrogen-bond donors (Lipinski definition) is 1. The van der Waals surface area contributed by atoms with Gasteiger partial charge in [-0.15, -0.1) is 0 Å². The number of amides is 1. The zero-order valence-corrected chi connectivity index (χ0v) is 14.9. The largest absolute Gasteiger partial charge is 0.350 e. The number of nitrogens with zero attached hydrogens (tertiary/aromatic N) is 1. The fourth-order valence-electron chi connectivity index (χ4n) is 3.36. The van der Waals surface area contributed by atoms with Crippen LogP contribution < -0.4 is 5.32 Å². The van der Waals surface area contributed by atoms with E-state index >= 15 is 0 Å². The van der Waals surface area contributed by atoms with E-state index in [1.165, 1.54) is 11.1 Å². The number of nitrogens with one attached hydrogen (secondary N) is 1. The van der Waals surface area contributed by atoms with Gasteiger partial charge in [0, 0.05) is 18.4 Å². The van der Waals surface area contributed by atoms with E-state index in [2.05, 4.69) is 11.4 Å². The van der Waals surface area contributed by atoms with Crippen molar-refractivity contribution in [1.82, 2.24) is 5.32 Å². The Balaban J connectivity index is 1.51. The van der Waals surface area contributed by atoms with Crippen molar-refractivity contribution < 1.29 is 9.59 Å². The van der Waals surface area contributed by atoms with Crippen LogP contribution in [-0.2, 0) is 17.6 Å². The van der Waals surface area contributed by atoms with Crippen molar-refractivity contribution in [1.29, 1.82) is 5.26 Å². The molecule has 3 rings (SSSR count). The van der Waals surface area contributed by atoms with Crippen LogP contribution in [0.1, 0.15) is 64.8 Å². The third-order valence-electron chi connectivity index (χ3n) is 4.92. The van der Waals surface area contributed by atoms with Crippen molar-refractivity contribution in [3.63, 3.8) is 0 Å². The monoisotopic (exact) mass is 346 g/mol. The lowest BCUT2D eigenvalue weighted by molar-refractivity contribution is -0.121. The number of rotatable bonds is 6. The third-order valence-corrected chi connectivity index (χ3v) is 4.92. The molecule has 1 amide bonds. The van der Waals surface area contributed by atoms with Gasteiger partial charge in [-0.2, -0.15) is 5.26 Å². The van der Waals surface area contributed by atoms with Crippen molar-refractivity contribution >= 4 is 11.7 Å². The molecular weight excluding hydrogens is 324 g/mol. The lowest BCUT2D eigenvalue weighted by Crippen LogP contribution is -2.27. The van der Waals surface area contributed by atoms with E-state index in [4.69, 9.17) is 5.26 Å². The molecule has 1 aliphatic rings. The topological polar surface area (TPSA) is 70.0 Å². The van der Waals surface area contributed by atoms with Gasteiger partial charge in [-0.3, -0.25) is 9.59 Å². The molecule has 1 unspecified atom stereocenters. The Labute approximate surface area is 153 Å². The fraction of sp³-hybridized carbons (Fsp3) is 0.318. The molecule has 1 atom stereocenters. The van der Waals surface area contributed by atoms with Crippen molar-refractivity contribution in [3.8, 4) is 6.07 Å². The van der Waals surface area contributed by atoms with Crippen LogP contribution in [0.25, 0.3) is 0 Å². The number of carbonyl (C=O) groups excluding carboxylic acids is 2. The first-order valence-electron chi connectivity index (χ1n) is 9.01. The number of Topliss-reactive ketones (excluding diaryl/α,β-unsaturated/α-hetero) is 1. The summed E-state index contributed by atoms with van der Waals surface area (Å²) < 4.78 is 0. The van der Waals surface area contributed by atoms with Crippen LogP contribution in [0.4, 0.5) is 0 Å². The molecule has 132 valence electrons. The Morgan fingerprint density at radius 3 is 2.54 bits per heavy atom. The summed E-state index contributed by atoms with van der Waals surface area (Å²) in [4.78, 5) is 24.5. The molecule has 1 N–H and O–H groups in total. The molecule has 4 heteroatoms. The molecule has 2 aromatic rings. The Morgan fingerprint density at radius 2 is 1.81 bits per heavy atom. The summed E-state index contributed by atoms with van der Waals surface area (Å²) >= 11 is 0. The van der Waals surface area contributed by atoms with Gasteiger partial charge in [0.15, 0.2) is 5.78 Å². The molecule has 0 bridgehead atoms. The Morgan fingerprint density at radius 1 is 1.08 bits per heavy atom. The first-order chi connectivity index (χ1) is 12.6. The molecule has 2 aromatic carbocycles. The molecule has 0 spiro atoms. The molecule has 0 aromatic heterocycles. The van der Waals surface area contributed by atoms with Crippen LogP contribution in [0.3, 0.4) is 0 Å². The van der Waals surface area contributed by atoms with Crippen molar-refractivity contribution in [3.05, 3.63) is 70.3 Å². The molecule has 0 saturated heterocycles. The van der Waals surface area contributed by atoms with Crippen LogP contribution in [-0.4, -0.2) is 11.7 Å². The molecule has 4 nitrogen and oxygen atoms in total. The molecule has 0 aliphatic heterocycles. The van der Waals surface area contributed by atoms with Crippen molar-refractivity contribution in [2.75, 3.05) is 0 Å². The SMILES string of the molecule is CC(NC(=O)CCC(=O)c1ccc2c(c1)CCC2)c1ccc(C#N)cc1. The van der Waals surface area contributed by atoms with Crippen LogP contribution >= 0.6 is 0 Å². The summed E-state index contributed by atoms with van der Waals surface area (Å²) in [6.07, 6.45) is 3.68. The number of ketones is 1. The number of fused-ring (bicyclic) bond motifs is 1. The minimum atomic E-state index is -0.162. The Hall–Kier alpha value is -2.93. The second-order valence-corrected chi connectivity index (χ2v) is 6.78. The summed E-state index contributed by atoms with van der Waals surface area (Å²) in [5.41, 5.74) is 4.85. The lowest BCUT2D eigenvalue weighted by Gasteiger charge is -2.14. The second-order valence-electron chi connectivity index (χ2n) is 6.78. The van der Waals surface area contributed by atoms with E-state index in [-0.39, 0.29) is 30.6 Å². The van der Waals surface area contributed by atoms with Crippen LogP contribution in [0.15, 0.2) is 42.5 Å². The number of nitriles is 1. The van der Waals surface area contributed by atoms with Gasteiger partial charge in [0.25, 0.3) is 0 Å². The second kappa shape index (κ2) is 7.97. The first kappa shape index (κ1) is 17.9. The van der Waals surface area contributed by atoms with Crippen LogP contribution in [0.5, 0.6) is 0 Å². The average Bonchev–Trinajstić information content (AvgIpc) is 3.13. The maximum absolute atomic E-state index is 12.4. The van der Waals surface area contributed by atoms with Crippen molar-refractivity contribution in [2.24, 2.45) is 0 Å². The molecule has 0 saturated carbocycles. The van der Waals surface area contributed by atoms with E-state index in [0.717, 1.165) is 24.8 Å². The highest BCUT2D eigenvalue weighted by Gasteiger charge is 2.16. The van der Waals surface area contributed by atoms with Gasteiger partial charge in [-0.1, -0.05) is 24.3 Å². The maximum Gasteiger partial charge on any atom is 0.220 e. The van der Waals surface area contributed by atoms with Gasteiger partial charge in [0.1, 0.15) is 0 Å². The zero-order chi connectivity index (χ0) is 18.5. The quantitative estimate of drug-likeness (QED) is 0.807. The van der Waals surface area contributed by atoms with Gasteiger partial charge < -0.3 is 5.32 Å². The highest BCUT2D eigenvalue weighted by molar-refractivity contribution is 5.98. The fourth-order valence-corrected chi connectivity index (χ4v) is 3.36. The summed E-state index contributed by atoms with van der Waals surface area (Å²) in [6.45, 7) is 1.89. The molecule has 0 fully saturated rings. The number of benzene rings is 2. The van der Waals surface area contributed by atoms with E-state index in [1.807, 2.05) is 37.3 Å². The van der Waals surface area contributed by atoms with Gasteiger partial charge in [-0.25, -0.2) is 0 Å². The summed E-state index contributed by atoms with van der Waals surface area (Å²) in [5.74, 6) is -0.128. The predicted molar refractivity (Wildman–Crippen MR) is 99.7 cm³/mol. The highest BCUT2D eigenvalue weighted by atomic mass is 16.2. The lowest BCUT2D eigenvalue weighted by atomic mass is 10.0.